The molecule has 0 N–H and O–H groups in total. The van der Waals surface area contributed by atoms with Crippen LogP contribution in [0, 0.1) is 0 Å². The van der Waals surface area contributed by atoms with Gasteiger partial charge in [0.05, 0.1) is 0 Å². The molecule has 0 amide bonds. The van der Waals surface area contributed by atoms with E-state index in [1.807, 2.05) is 36.4 Å². The monoisotopic (exact) mass is 928 g/mol. The fourth-order valence-electron chi connectivity index (χ4n) is 11.1. The molecule has 2 unspecified atom stereocenters. The second-order valence-corrected chi connectivity index (χ2v) is 20.2. The zero-order valence-electron chi connectivity index (χ0n) is 37.3. The van der Waals surface area contributed by atoms with Crippen LogP contribution in [0.3, 0.4) is 0 Å². The number of thiophene rings is 2. The Kier molecular flexibility index (Phi) is 8.72. The fourth-order valence-corrected chi connectivity index (χ4v) is 13.4. The number of benzene rings is 9. The molecule has 16 rings (SSSR count). The van der Waals surface area contributed by atoms with Gasteiger partial charge in [-0.3, -0.25) is 0 Å². The van der Waals surface area contributed by atoms with Crippen molar-refractivity contribution in [2.75, 3.05) is 0 Å². The highest BCUT2D eigenvalue weighted by Gasteiger charge is 2.41. The summed E-state index contributed by atoms with van der Waals surface area (Å²) in [5, 5.41) is 4.77. The van der Waals surface area contributed by atoms with Crippen molar-refractivity contribution in [3.8, 4) is 68.3 Å². The van der Waals surface area contributed by atoms with Crippen molar-refractivity contribution in [1.29, 1.82) is 0 Å². The van der Waals surface area contributed by atoms with Gasteiger partial charge in [0.25, 0.3) is 0 Å². The third-order valence-corrected chi connectivity index (χ3v) is 16.4. The average molecular weight is 929 g/mol. The van der Waals surface area contributed by atoms with E-state index in [9.17, 15) is 0 Å². The van der Waals surface area contributed by atoms with Crippen LogP contribution in [0.25, 0.3) is 109 Å². The van der Waals surface area contributed by atoms with Crippen LogP contribution in [0.5, 0.6) is 0 Å². The molecule has 4 heterocycles. The van der Waals surface area contributed by atoms with Crippen molar-refractivity contribution in [3.05, 3.63) is 240 Å². The Bertz CT molecular complexity index is 4000. The van der Waals surface area contributed by atoms with Crippen LogP contribution in [0.4, 0.5) is 0 Å². The molecule has 4 aromatic heterocycles. The first-order chi connectivity index (χ1) is 34.7. The first kappa shape index (κ1) is 39.4. The lowest BCUT2D eigenvalue weighted by Crippen LogP contribution is -2.27. The molecule has 0 saturated carbocycles. The largest absolute Gasteiger partial charge is 0.208 e. The third kappa shape index (κ3) is 6.10. The Morgan fingerprint density at radius 1 is 0.257 bits per heavy atom. The molecule has 8 heteroatoms. The lowest BCUT2D eigenvalue weighted by molar-refractivity contribution is 0.754. The summed E-state index contributed by atoms with van der Waals surface area (Å²) in [4.78, 5) is 31.5. The van der Waals surface area contributed by atoms with Crippen molar-refractivity contribution in [2.24, 2.45) is 0 Å². The highest BCUT2D eigenvalue weighted by molar-refractivity contribution is 7.26. The normalized spacial score (nSPS) is 14.6. The molecule has 0 spiro atoms. The molecule has 3 aliphatic rings. The van der Waals surface area contributed by atoms with E-state index in [4.69, 9.17) is 29.9 Å². The van der Waals surface area contributed by atoms with Gasteiger partial charge in [-0.2, -0.15) is 0 Å². The van der Waals surface area contributed by atoms with Crippen LogP contribution >= 0.6 is 22.7 Å². The summed E-state index contributed by atoms with van der Waals surface area (Å²) in [7, 11) is 0. The van der Waals surface area contributed by atoms with E-state index < -0.39 is 0 Å². The summed E-state index contributed by atoms with van der Waals surface area (Å²) in [6, 6.07) is 73.3. The highest BCUT2D eigenvalue weighted by atomic mass is 32.1. The first-order valence-corrected chi connectivity index (χ1v) is 25.1. The minimum Gasteiger partial charge on any atom is -0.208 e. The van der Waals surface area contributed by atoms with Gasteiger partial charge in [0.15, 0.2) is 34.9 Å². The first-order valence-electron chi connectivity index (χ1n) is 23.5. The minimum absolute atomic E-state index is 0.0132. The van der Waals surface area contributed by atoms with Gasteiger partial charge in [-0.05, 0) is 69.8 Å². The maximum atomic E-state index is 5.33. The maximum absolute atomic E-state index is 5.33. The fraction of sp³-hybridized carbons (Fsp3) is 0.0323. The molecule has 3 aliphatic carbocycles. The van der Waals surface area contributed by atoms with E-state index in [1.165, 1.54) is 73.7 Å². The number of hydrogen-bond donors (Lipinski definition) is 0. The topological polar surface area (TPSA) is 77.3 Å². The highest BCUT2D eigenvalue weighted by Crippen LogP contribution is 2.57. The Morgan fingerprint density at radius 2 is 0.614 bits per heavy atom. The van der Waals surface area contributed by atoms with Crippen LogP contribution in [0.2, 0.25) is 0 Å². The molecule has 2 atom stereocenters. The predicted molar refractivity (Wildman–Crippen MR) is 286 cm³/mol. The van der Waals surface area contributed by atoms with E-state index in [2.05, 4.69) is 170 Å². The summed E-state index contributed by atoms with van der Waals surface area (Å²) in [6.45, 7) is 0. The van der Waals surface area contributed by atoms with E-state index in [1.54, 1.807) is 22.7 Å². The molecular weight excluding hydrogens is 893 g/mol. The minimum atomic E-state index is 0.0132. The van der Waals surface area contributed by atoms with E-state index in [0.717, 1.165) is 33.4 Å². The Balaban J connectivity index is 0.880. The smallest absolute Gasteiger partial charge is 0.164 e. The van der Waals surface area contributed by atoms with E-state index in [0.29, 0.717) is 34.9 Å². The van der Waals surface area contributed by atoms with Gasteiger partial charge in [-0.15, -0.1) is 22.7 Å². The summed E-state index contributed by atoms with van der Waals surface area (Å²) < 4.78 is 4.92. The van der Waals surface area contributed by atoms with Crippen molar-refractivity contribution >= 4 is 63.0 Å². The quantitative estimate of drug-likeness (QED) is 0.165. The number of nitrogens with zero attached hydrogens (tertiary/aromatic N) is 6. The van der Waals surface area contributed by atoms with Gasteiger partial charge in [-0.25, -0.2) is 29.9 Å². The predicted octanol–water partition coefficient (Wildman–Crippen LogP) is 15.8. The van der Waals surface area contributed by atoms with Gasteiger partial charge in [-0.1, -0.05) is 170 Å². The average Bonchev–Trinajstić information content (AvgIpc) is 4.02. The molecule has 326 valence electrons. The lowest BCUT2D eigenvalue weighted by Gasteiger charge is -2.42. The zero-order valence-corrected chi connectivity index (χ0v) is 38.9. The Hall–Kier alpha value is -8.56. The lowest BCUT2D eigenvalue weighted by atomic mass is 9.61. The van der Waals surface area contributed by atoms with E-state index >= 15 is 0 Å². The third-order valence-electron chi connectivity index (χ3n) is 14.2. The SMILES string of the molecule is c1ccc(-c2nc(-c3ccc4c(c3)C3c5ccccc5C4c4cc(-c5nc(-c6ccccc6)nc(-c6cccc7sc8ccccc8c67)n5)ccc43)nc(-c3cccc4sc5ccccc5c34)n2)cc1. The summed E-state index contributed by atoms with van der Waals surface area (Å²) in [6.07, 6.45) is 0. The molecule has 70 heavy (non-hydrogen) atoms. The van der Waals surface area contributed by atoms with Crippen LogP contribution in [0.15, 0.2) is 206 Å². The van der Waals surface area contributed by atoms with Gasteiger partial charge < -0.3 is 0 Å². The van der Waals surface area contributed by atoms with Crippen molar-refractivity contribution < 1.29 is 0 Å². The van der Waals surface area contributed by atoms with Gasteiger partial charge in [0.1, 0.15) is 0 Å². The maximum Gasteiger partial charge on any atom is 0.164 e. The number of hydrogen-bond acceptors (Lipinski definition) is 8. The van der Waals surface area contributed by atoms with Crippen LogP contribution in [0.1, 0.15) is 45.2 Å². The van der Waals surface area contributed by atoms with Crippen molar-refractivity contribution in [2.45, 2.75) is 11.8 Å². The number of aromatic nitrogens is 6. The standard InChI is InChI=1S/C62H36N6S2/c1-3-15-35(16-4-1)57-63-59(67-61(65-57)45-23-13-27-51-55(45)43-21-9-11-25-49(43)69-51)37-29-31-41-47(33-37)53-39-19-7-8-20-40(39)54(41)48-34-38(30-32-42(48)53)60-64-58(36-17-5-2-6-18-36)66-62(68-60)46-24-14-28-52-56(46)44-22-10-12-26-50(44)70-52/h1-34,53-54H. The van der Waals surface area contributed by atoms with Crippen LogP contribution in [-0.4, -0.2) is 29.9 Å². The van der Waals surface area contributed by atoms with Gasteiger partial charge in [0, 0.05) is 85.6 Å². The van der Waals surface area contributed by atoms with E-state index in [-0.39, 0.29) is 11.8 Å². The molecule has 0 fully saturated rings. The molecule has 6 nitrogen and oxygen atoms in total. The second kappa shape index (κ2) is 15.5. The molecule has 0 saturated heterocycles. The molecular formula is C62H36N6S2. The van der Waals surface area contributed by atoms with Crippen molar-refractivity contribution in [3.63, 3.8) is 0 Å². The molecule has 9 aromatic carbocycles. The van der Waals surface area contributed by atoms with Crippen molar-refractivity contribution in [1.82, 2.24) is 29.9 Å². The molecule has 13 aromatic rings. The van der Waals surface area contributed by atoms with Gasteiger partial charge >= 0.3 is 0 Å². The van der Waals surface area contributed by atoms with Crippen LogP contribution in [-0.2, 0) is 0 Å². The van der Waals surface area contributed by atoms with Crippen LogP contribution < -0.4 is 0 Å². The Morgan fingerprint density at radius 3 is 1.07 bits per heavy atom. The summed E-state index contributed by atoms with van der Waals surface area (Å²) >= 11 is 3.60. The number of fused-ring (bicyclic) bond motifs is 6. The summed E-state index contributed by atoms with van der Waals surface area (Å²) in [5.41, 5.74) is 13.6. The molecule has 2 bridgehead atoms. The zero-order chi connectivity index (χ0) is 45.9. The number of rotatable bonds is 6. The molecule has 0 radical (unpaired) electrons. The summed E-state index contributed by atoms with van der Waals surface area (Å²) in [5.74, 6) is 3.96. The Labute approximate surface area is 410 Å². The van der Waals surface area contributed by atoms with Gasteiger partial charge in [0.2, 0.25) is 0 Å². The second-order valence-electron chi connectivity index (χ2n) is 18.1. The molecule has 0 aliphatic heterocycles.